The summed E-state index contributed by atoms with van der Waals surface area (Å²) in [6, 6.07) is 6.97. The van der Waals surface area contributed by atoms with E-state index in [0.717, 1.165) is 24.5 Å². The van der Waals surface area contributed by atoms with E-state index in [1.165, 1.54) is 11.1 Å². The lowest BCUT2D eigenvalue weighted by Gasteiger charge is -2.27. The Labute approximate surface area is 116 Å². The molecular weight excluding hydrogens is 234 g/mol. The fraction of sp³-hybridized carbons (Fsp3) is 0.500. The Morgan fingerprint density at radius 1 is 1.42 bits per heavy atom. The van der Waals surface area contributed by atoms with Gasteiger partial charge in [0, 0.05) is 25.2 Å². The summed E-state index contributed by atoms with van der Waals surface area (Å²) in [4.78, 5) is 2.50. The number of hydrogen-bond acceptors (Lipinski definition) is 3. The van der Waals surface area contributed by atoms with Gasteiger partial charge in [-0.2, -0.15) is 0 Å². The molecule has 0 unspecified atom stereocenters. The minimum absolute atomic E-state index is 0.381. The van der Waals surface area contributed by atoms with Gasteiger partial charge >= 0.3 is 0 Å². The average molecular weight is 259 g/mol. The number of rotatable bonds is 2. The normalized spacial score (nSPS) is 23.2. The van der Waals surface area contributed by atoms with E-state index in [1.54, 1.807) is 0 Å². The first kappa shape index (κ1) is 13.9. The molecule has 3 N–H and O–H groups in total. The van der Waals surface area contributed by atoms with Crippen LogP contribution in [0.15, 0.2) is 29.8 Å². The molecule has 0 bridgehead atoms. The van der Waals surface area contributed by atoms with Crippen LogP contribution in [0.4, 0.5) is 11.4 Å². The van der Waals surface area contributed by atoms with Crippen LogP contribution in [0, 0.1) is 0 Å². The molecular formula is C16H25N3. The van der Waals surface area contributed by atoms with Gasteiger partial charge in [-0.1, -0.05) is 23.8 Å². The Kier molecular flexibility index (Phi) is 4.15. The molecule has 0 fully saturated rings. The van der Waals surface area contributed by atoms with E-state index >= 15 is 0 Å². The summed E-state index contributed by atoms with van der Waals surface area (Å²) in [5, 5.41) is 3.55. The SMILES string of the molecule is CC(C)=CCN1C[C@H](C)Nc2c(N)cccc2[C@H]1C. The summed E-state index contributed by atoms with van der Waals surface area (Å²) < 4.78 is 0. The van der Waals surface area contributed by atoms with Gasteiger partial charge < -0.3 is 11.1 Å². The van der Waals surface area contributed by atoms with Gasteiger partial charge in [0.25, 0.3) is 0 Å². The number of nitrogen functional groups attached to an aromatic ring is 1. The van der Waals surface area contributed by atoms with Gasteiger partial charge in [-0.3, -0.25) is 4.90 Å². The zero-order valence-corrected chi connectivity index (χ0v) is 12.4. The molecule has 0 aromatic heterocycles. The smallest absolute Gasteiger partial charge is 0.0624 e. The van der Waals surface area contributed by atoms with Gasteiger partial charge in [-0.05, 0) is 39.3 Å². The van der Waals surface area contributed by atoms with Crippen molar-refractivity contribution in [2.45, 2.75) is 39.8 Å². The topological polar surface area (TPSA) is 41.3 Å². The van der Waals surface area contributed by atoms with Crippen molar-refractivity contribution in [3.8, 4) is 0 Å². The van der Waals surface area contributed by atoms with Crippen LogP contribution in [0.25, 0.3) is 0 Å². The molecule has 2 rings (SSSR count). The maximum Gasteiger partial charge on any atom is 0.0624 e. The van der Waals surface area contributed by atoms with Gasteiger partial charge in [0.15, 0.2) is 0 Å². The van der Waals surface area contributed by atoms with E-state index in [4.69, 9.17) is 5.73 Å². The maximum atomic E-state index is 6.11. The number of allylic oxidation sites excluding steroid dienone is 1. The Morgan fingerprint density at radius 2 is 2.16 bits per heavy atom. The quantitative estimate of drug-likeness (QED) is 0.631. The molecule has 0 saturated heterocycles. The molecule has 1 heterocycles. The Morgan fingerprint density at radius 3 is 2.84 bits per heavy atom. The third kappa shape index (κ3) is 3.10. The van der Waals surface area contributed by atoms with Crippen molar-refractivity contribution in [1.29, 1.82) is 0 Å². The highest BCUT2D eigenvalue weighted by Crippen LogP contribution is 2.34. The second-order valence-electron chi connectivity index (χ2n) is 5.77. The predicted octanol–water partition coefficient (Wildman–Crippen LogP) is 3.41. The molecule has 19 heavy (non-hydrogen) atoms. The minimum atomic E-state index is 0.381. The molecule has 1 aliphatic rings. The zero-order chi connectivity index (χ0) is 14.0. The molecule has 104 valence electrons. The number of fused-ring (bicyclic) bond motifs is 1. The van der Waals surface area contributed by atoms with Crippen molar-refractivity contribution in [1.82, 2.24) is 4.90 Å². The van der Waals surface area contributed by atoms with Crippen molar-refractivity contribution < 1.29 is 0 Å². The number of para-hydroxylation sites is 1. The lowest BCUT2D eigenvalue weighted by Crippen LogP contribution is -2.34. The van der Waals surface area contributed by atoms with Gasteiger partial charge in [0.1, 0.15) is 0 Å². The van der Waals surface area contributed by atoms with Crippen molar-refractivity contribution in [2.24, 2.45) is 0 Å². The fourth-order valence-corrected chi connectivity index (χ4v) is 2.63. The maximum absolute atomic E-state index is 6.11. The van der Waals surface area contributed by atoms with Gasteiger partial charge in [0.2, 0.25) is 0 Å². The third-order valence-corrected chi connectivity index (χ3v) is 3.76. The molecule has 0 spiro atoms. The number of nitrogens with one attached hydrogen (secondary N) is 1. The van der Waals surface area contributed by atoms with E-state index in [0.29, 0.717) is 12.1 Å². The van der Waals surface area contributed by atoms with Crippen LogP contribution in [0.1, 0.15) is 39.3 Å². The Bertz CT molecular complexity index is 475. The Hall–Kier alpha value is -1.48. The van der Waals surface area contributed by atoms with Crippen LogP contribution in [-0.4, -0.2) is 24.0 Å². The summed E-state index contributed by atoms with van der Waals surface area (Å²) in [6.07, 6.45) is 2.29. The Balaban J connectivity index is 2.33. The fourth-order valence-electron chi connectivity index (χ4n) is 2.63. The standard InChI is InChI=1S/C16H25N3/c1-11(2)8-9-19-10-12(3)18-16-14(13(19)4)6-5-7-15(16)17/h5-8,12-13,18H,9-10,17H2,1-4H3/t12-,13+/m0/s1. The first-order valence-corrected chi connectivity index (χ1v) is 7.01. The molecule has 0 amide bonds. The predicted molar refractivity (Wildman–Crippen MR) is 83.4 cm³/mol. The van der Waals surface area contributed by atoms with Gasteiger partial charge in [-0.15, -0.1) is 0 Å². The van der Waals surface area contributed by atoms with E-state index < -0.39 is 0 Å². The van der Waals surface area contributed by atoms with Crippen molar-refractivity contribution in [2.75, 3.05) is 24.1 Å². The number of hydrogen-bond donors (Lipinski definition) is 2. The monoisotopic (exact) mass is 259 g/mol. The van der Waals surface area contributed by atoms with Crippen LogP contribution in [0.5, 0.6) is 0 Å². The molecule has 3 nitrogen and oxygen atoms in total. The van der Waals surface area contributed by atoms with Crippen LogP contribution in [-0.2, 0) is 0 Å². The lowest BCUT2D eigenvalue weighted by atomic mass is 10.0. The molecule has 2 atom stereocenters. The van der Waals surface area contributed by atoms with E-state index in [9.17, 15) is 0 Å². The number of nitrogens with zero attached hydrogens (tertiary/aromatic N) is 1. The largest absolute Gasteiger partial charge is 0.397 e. The highest BCUT2D eigenvalue weighted by Gasteiger charge is 2.25. The molecule has 0 saturated carbocycles. The van der Waals surface area contributed by atoms with E-state index in [1.807, 2.05) is 12.1 Å². The molecule has 3 heteroatoms. The molecule has 0 aliphatic carbocycles. The van der Waals surface area contributed by atoms with Gasteiger partial charge in [-0.25, -0.2) is 0 Å². The van der Waals surface area contributed by atoms with Crippen LogP contribution >= 0.6 is 0 Å². The van der Waals surface area contributed by atoms with Crippen LogP contribution < -0.4 is 11.1 Å². The number of benzene rings is 1. The van der Waals surface area contributed by atoms with E-state index in [2.05, 4.69) is 50.1 Å². The molecule has 1 aliphatic heterocycles. The highest BCUT2D eigenvalue weighted by molar-refractivity contribution is 5.71. The summed E-state index contributed by atoms with van der Waals surface area (Å²) in [7, 11) is 0. The van der Waals surface area contributed by atoms with Crippen LogP contribution in [0.3, 0.4) is 0 Å². The van der Waals surface area contributed by atoms with Crippen LogP contribution in [0.2, 0.25) is 0 Å². The summed E-state index contributed by atoms with van der Waals surface area (Å²) >= 11 is 0. The average Bonchev–Trinajstić information content (AvgIpc) is 2.47. The molecule has 0 radical (unpaired) electrons. The summed E-state index contributed by atoms with van der Waals surface area (Å²) in [5.41, 5.74) is 10.7. The van der Waals surface area contributed by atoms with Gasteiger partial charge in [0.05, 0.1) is 11.4 Å². The second-order valence-corrected chi connectivity index (χ2v) is 5.77. The van der Waals surface area contributed by atoms with E-state index in [-0.39, 0.29) is 0 Å². The molecule has 1 aromatic rings. The minimum Gasteiger partial charge on any atom is -0.397 e. The summed E-state index contributed by atoms with van der Waals surface area (Å²) in [5.74, 6) is 0. The lowest BCUT2D eigenvalue weighted by molar-refractivity contribution is 0.233. The first-order valence-electron chi connectivity index (χ1n) is 7.01. The second kappa shape index (κ2) is 5.66. The van der Waals surface area contributed by atoms with Crippen molar-refractivity contribution in [3.63, 3.8) is 0 Å². The van der Waals surface area contributed by atoms with Crippen molar-refractivity contribution in [3.05, 3.63) is 35.4 Å². The number of anilines is 2. The molecule has 1 aromatic carbocycles. The number of nitrogens with two attached hydrogens (primary N) is 1. The first-order chi connectivity index (χ1) is 8.99. The third-order valence-electron chi connectivity index (χ3n) is 3.76. The van der Waals surface area contributed by atoms with Crippen molar-refractivity contribution >= 4 is 11.4 Å². The zero-order valence-electron chi connectivity index (χ0n) is 12.4. The summed E-state index contributed by atoms with van der Waals surface area (Å²) in [6.45, 7) is 10.8. The highest BCUT2D eigenvalue weighted by atomic mass is 15.2.